The summed E-state index contributed by atoms with van der Waals surface area (Å²) in [5.41, 5.74) is -6.18. The summed E-state index contributed by atoms with van der Waals surface area (Å²) >= 11 is 0. The van der Waals surface area contributed by atoms with Gasteiger partial charge in [0, 0.05) is 61.4 Å². The number of ether oxygens (including phenoxy) is 12. The molecule has 96 heavy (non-hydrogen) atoms. The quantitative estimate of drug-likeness (QED) is 0.0521. The van der Waals surface area contributed by atoms with E-state index in [1.54, 1.807) is 27.0 Å². The van der Waals surface area contributed by atoms with Crippen LogP contribution in [0.4, 0.5) is 0 Å². The van der Waals surface area contributed by atoms with Gasteiger partial charge >= 0.3 is 35.8 Å². The molecular weight excluding hydrogens is 1280 g/mol. The van der Waals surface area contributed by atoms with Crippen LogP contribution in [0, 0.1) is 70.5 Å². The van der Waals surface area contributed by atoms with Gasteiger partial charge < -0.3 is 56.8 Å². The molecule has 13 aliphatic rings. The van der Waals surface area contributed by atoms with Crippen molar-refractivity contribution in [1.29, 1.82) is 0 Å². The highest BCUT2D eigenvalue weighted by atomic mass is 32.2. The van der Waals surface area contributed by atoms with Crippen molar-refractivity contribution < 1.29 is 123 Å². The Kier molecular flexibility index (Phi) is 20.1. The van der Waals surface area contributed by atoms with E-state index in [9.17, 15) is 37.2 Å². The number of nitrogens with one attached hydrogen (secondary N) is 1. The highest BCUT2D eigenvalue weighted by molar-refractivity contribution is 7.89. The summed E-state index contributed by atoms with van der Waals surface area (Å²) in [4.78, 5) is 120. The van der Waals surface area contributed by atoms with E-state index in [-0.39, 0.29) is 64.8 Å². The van der Waals surface area contributed by atoms with Gasteiger partial charge in [0.05, 0.1) is 50.0 Å². The van der Waals surface area contributed by atoms with Crippen molar-refractivity contribution in [3.8, 4) is 0 Å². The number of fused-ring (bicyclic) bond motifs is 4. The first-order valence-corrected chi connectivity index (χ1v) is 36.1. The molecule has 0 amide bonds. The Bertz CT molecular complexity index is 3180. The third-order valence-corrected chi connectivity index (χ3v) is 25.6. The van der Waals surface area contributed by atoms with Gasteiger partial charge in [0.25, 0.3) is 0 Å². The Hall–Kier alpha value is -4.53. The van der Waals surface area contributed by atoms with Crippen molar-refractivity contribution in [1.82, 2.24) is 4.72 Å². The maximum Gasteiger partial charge on any atom is 0.308 e. The summed E-state index contributed by atoms with van der Waals surface area (Å²) in [6.45, 7) is 17.4. The second-order valence-electron chi connectivity index (χ2n) is 30.2. The number of methoxy groups -OCH3 is 1. The number of rotatable bonds is 21. The first kappa shape index (κ1) is 71.3. The first-order valence-electron chi connectivity index (χ1n) is 34.6. The Morgan fingerprint density at radius 3 is 1.72 bits per heavy atom. The average molecular weight is 1380 g/mol. The summed E-state index contributed by atoms with van der Waals surface area (Å²) in [6, 6.07) is 6.91. The van der Waals surface area contributed by atoms with E-state index in [4.69, 9.17) is 86.2 Å². The first-order chi connectivity index (χ1) is 45.4. The minimum absolute atomic E-state index is 0.0233. The van der Waals surface area contributed by atoms with Crippen LogP contribution in [0.2, 0.25) is 0 Å². The number of sulfonamides is 1. The molecule has 3 saturated carbocycles. The zero-order valence-electron chi connectivity index (χ0n) is 57.0. The van der Waals surface area contributed by atoms with E-state index >= 15 is 0 Å². The van der Waals surface area contributed by atoms with E-state index in [0.29, 0.717) is 32.1 Å². The number of carbonyl (C=O) groups is 6. The van der Waals surface area contributed by atoms with Crippen LogP contribution in [0.1, 0.15) is 185 Å². The number of benzene rings is 1. The van der Waals surface area contributed by atoms with Crippen molar-refractivity contribution in [3.63, 3.8) is 0 Å². The normalized spacial score (nSPS) is 43.5. The lowest BCUT2D eigenvalue weighted by Crippen LogP contribution is -2.74. The van der Waals surface area contributed by atoms with Crippen LogP contribution >= 0.6 is 0 Å². The van der Waals surface area contributed by atoms with Gasteiger partial charge in [0.2, 0.25) is 46.2 Å². The molecule has 14 rings (SSSR count). The number of hydrogen-bond acceptors (Lipinski definition) is 26. The largest absolute Gasteiger partial charge is 0.460 e. The Morgan fingerprint density at radius 1 is 0.531 bits per heavy atom. The van der Waals surface area contributed by atoms with Crippen LogP contribution in [0.25, 0.3) is 0 Å². The van der Waals surface area contributed by atoms with E-state index < -0.39 is 186 Å². The lowest BCUT2D eigenvalue weighted by atomic mass is 9.50. The molecule has 28 heteroatoms. The minimum atomic E-state index is -4.78. The highest BCUT2D eigenvalue weighted by Gasteiger charge is 2.75. The molecule has 1 N–H and O–H groups in total. The predicted octanol–water partition coefficient (Wildman–Crippen LogP) is 8.57. The van der Waals surface area contributed by atoms with E-state index in [1.165, 1.54) is 24.3 Å². The Balaban J connectivity index is 0.726. The molecule has 1 aromatic carbocycles. The molecule has 10 saturated heterocycles. The molecular formula is C68H97NO26S. The fraction of sp³-hybridized carbons (Fsp3) is 0.824. The highest BCUT2D eigenvalue weighted by Crippen LogP contribution is 2.67. The molecule has 3 spiro atoms. The molecule has 536 valence electrons. The van der Waals surface area contributed by atoms with Gasteiger partial charge in [-0.05, 0) is 126 Å². The van der Waals surface area contributed by atoms with Crippen LogP contribution in [-0.4, -0.2) is 143 Å². The average Bonchev–Trinajstić information content (AvgIpc) is 1.26. The lowest BCUT2D eigenvalue weighted by molar-refractivity contribution is -0.586. The maximum absolute atomic E-state index is 14.4. The zero-order chi connectivity index (χ0) is 68.6. The van der Waals surface area contributed by atoms with E-state index in [1.807, 2.05) is 27.7 Å². The van der Waals surface area contributed by atoms with Gasteiger partial charge in [-0.3, -0.25) is 28.8 Å². The summed E-state index contributed by atoms with van der Waals surface area (Å²) in [6.07, 6.45) is 0.00351. The van der Waals surface area contributed by atoms with Crippen LogP contribution < -0.4 is 4.72 Å². The van der Waals surface area contributed by atoms with Crippen molar-refractivity contribution in [3.05, 3.63) is 30.3 Å². The number of carbonyl (C=O) groups excluding carboxylic acids is 6. The molecule has 0 aromatic heterocycles. The molecule has 3 aliphatic carbocycles. The molecule has 1 aromatic rings. The van der Waals surface area contributed by atoms with Crippen molar-refractivity contribution in [2.45, 2.75) is 261 Å². The Labute approximate surface area is 560 Å². The smallest absolute Gasteiger partial charge is 0.308 e. The summed E-state index contributed by atoms with van der Waals surface area (Å²) in [5, 5.41) is 0. The summed E-state index contributed by atoms with van der Waals surface area (Å²) in [7, 11) is -3.21. The van der Waals surface area contributed by atoms with Crippen molar-refractivity contribution in [2.75, 3.05) is 26.9 Å². The van der Waals surface area contributed by atoms with Crippen molar-refractivity contribution in [2.24, 2.45) is 70.5 Å². The van der Waals surface area contributed by atoms with E-state index in [2.05, 4.69) is 32.4 Å². The fourth-order valence-corrected chi connectivity index (χ4v) is 19.4. The topological polar surface area (TPSA) is 315 Å². The molecule has 24 atom stereocenters. The number of esters is 6. The molecule has 4 bridgehead atoms. The molecule has 13 fully saturated rings. The second kappa shape index (κ2) is 27.1. The standard InChI is InChI=1S/C68H97NO26S/c1-38-17-19-48-41(4)56(81-37-66(48)45(38)28-32-62(8,78-11)90-93-66)82-52(72)23-21-50(70)79-35-65(69-96(76,77)44-15-13-12-14-16-44,87-55(75)26-25-53(73)83-57-42(5)49-20-18-39(2)46-29-33-63(9)88-59(85-57)67(46,49)94-91-63)36-80-51(71)22-24-54(74)84-58-43(6)61(7)31-27-40(3)47-30-34-64(10)89-60(86-58)68(47,61)95-92-64/h12-16,38-43,45-49,56-60,69H,17-37H2,1-11H3/t38-,39+,40+,41-,42-,43-,45+,46-,47-,48+,49+,56+,57-,58+,59-,60+,61-,62+,63+,64?,65?,66-,67+,68-/m1/s1. The molecule has 0 radical (unpaired) electrons. The van der Waals surface area contributed by atoms with E-state index in [0.717, 1.165) is 44.9 Å². The SMILES string of the molecule is CO[C@]1(C)CC[C@H]2[C@H](C)CC[C@H]3[C@@H](C)[C@H](OC(=O)CCC(=O)OCC(COC(=O)CCC(=O)O[C@H]4O[C@H]5OC6(C)CC[C@@H]7[C@@H](C)CC[C@](C)([C@@H]4C)[C@]57OO6)(NS(=O)(=O)c4ccccc4)OC(=O)CCC(=O)O[C@@H]4O[C@@H]5O[C@]6(C)CC[C@@H]7[C@@H](C)CC[C@@H]([C@H]4C)[C@]57OO6)OC[C@]32OO1. The van der Waals surface area contributed by atoms with Gasteiger partial charge in [-0.2, -0.15) is 4.72 Å². The molecule has 10 heterocycles. The monoisotopic (exact) mass is 1380 g/mol. The molecule has 27 nitrogen and oxygen atoms in total. The second-order valence-corrected chi connectivity index (χ2v) is 31.9. The summed E-state index contributed by atoms with van der Waals surface area (Å²) in [5.74, 6) is -9.68. The van der Waals surface area contributed by atoms with Gasteiger partial charge in [0.1, 0.15) is 18.8 Å². The van der Waals surface area contributed by atoms with Crippen LogP contribution in [-0.2, 0) is 125 Å². The van der Waals surface area contributed by atoms with Gasteiger partial charge in [-0.1, -0.05) is 66.7 Å². The van der Waals surface area contributed by atoms with Crippen LogP contribution in [0.15, 0.2) is 35.2 Å². The lowest BCUT2D eigenvalue weighted by Gasteiger charge is -2.65. The fourth-order valence-electron chi connectivity index (χ4n) is 18.1. The minimum Gasteiger partial charge on any atom is -0.460 e. The summed E-state index contributed by atoms with van der Waals surface area (Å²) < 4.78 is 104. The predicted molar refractivity (Wildman–Crippen MR) is 326 cm³/mol. The number of hydrogen-bond donors (Lipinski definition) is 1. The van der Waals surface area contributed by atoms with Crippen LogP contribution in [0.3, 0.4) is 0 Å². The van der Waals surface area contributed by atoms with Gasteiger partial charge in [0.15, 0.2) is 29.6 Å². The van der Waals surface area contributed by atoms with Crippen molar-refractivity contribution >= 4 is 45.8 Å². The van der Waals surface area contributed by atoms with Gasteiger partial charge in [-0.25, -0.2) is 37.7 Å². The Morgan fingerprint density at radius 2 is 1.06 bits per heavy atom. The van der Waals surface area contributed by atoms with Gasteiger partial charge in [-0.15, -0.1) is 0 Å². The van der Waals surface area contributed by atoms with Crippen LogP contribution in [0.5, 0.6) is 0 Å². The third-order valence-electron chi connectivity index (χ3n) is 24.1. The third kappa shape index (κ3) is 13.2. The molecule has 2 unspecified atom stereocenters. The zero-order valence-corrected chi connectivity index (χ0v) is 57.8. The maximum atomic E-state index is 14.4. The molecule has 10 aliphatic heterocycles.